The molecule has 0 aromatic carbocycles. The van der Waals surface area contributed by atoms with Crippen LogP contribution in [-0.2, 0) is 9.53 Å². The molecule has 5 atom stereocenters. The van der Waals surface area contributed by atoms with Crippen molar-refractivity contribution in [2.45, 2.75) is 40.5 Å². The maximum absolute atomic E-state index is 12.0. The Morgan fingerprint density at radius 1 is 1.25 bits per heavy atom. The molecule has 0 N–H and O–H groups in total. The Morgan fingerprint density at radius 2 is 1.94 bits per heavy atom. The van der Waals surface area contributed by atoms with E-state index in [4.69, 9.17) is 4.74 Å². The van der Waals surface area contributed by atoms with Crippen LogP contribution in [0.2, 0.25) is 0 Å². The van der Waals surface area contributed by atoms with Crippen LogP contribution in [0.3, 0.4) is 0 Å². The lowest BCUT2D eigenvalue weighted by atomic mass is 9.76. The monoisotopic (exact) mass is 224 g/mol. The zero-order valence-corrected chi connectivity index (χ0v) is 10.9. The van der Waals surface area contributed by atoms with Crippen LogP contribution in [0.1, 0.15) is 40.5 Å². The second-order valence-corrected chi connectivity index (χ2v) is 6.24. The summed E-state index contributed by atoms with van der Waals surface area (Å²) < 4.78 is 5.38. The Labute approximate surface area is 98.7 Å². The first-order valence-corrected chi connectivity index (χ1v) is 6.67. The Hall–Kier alpha value is -0.530. The normalized spacial score (nSPS) is 41.7. The van der Waals surface area contributed by atoms with Crippen molar-refractivity contribution in [1.82, 2.24) is 0 Å². The van der Waals surface area contributed by atoms with E-state index in [9.17, 15) is 4.79 Å². The van der Waals surface area contributed by atoms with Crippen molar-refractivity contribution in [2.75, 3.05) is 6.61 Å². The number of carbonyl (C=O) groups is 1. The van der Waals surface area contributed by atoms with Crippen LogP contribution < -0.4 is 0 Å². The first-order chi connectivity index (χ1) is 7.50. The molecule has 2 bridgehead atoms. The summed E-state index contributed by atoms with van der Waals surface area (Å²) >= 11 is 0. The highest BCUT2D eigenvalue weighted by atomic mass is 16.5. The van der Waals surface area contributed by atoms with Crippen LogP contribution in [0.25, 0.3) is 0 Å². The van der Waals surface area contributed by atoms with Gasteiger partial charge in [-0.25, -0.2) is 0 Å². The molecule has 2 aliphatic carbocycles. The zero-order chi connectivity index (χ0) is 11.9. The molecule has 2 saturated carbocycles. The van der Waals surface area contributed by atoms with E-state index in [-0.39, 0.29) is 11.9 Å². The summed E-state index contributed by atoms with van der Waals surface area (Å²) in [5.41, 5.74) is 0. The number of fused-ring (bicyclic) bond motifs is 2. The van der Waals surface area contributed by atoms with Crippen molar-refractivity contribution in [3.05, 3.63) is 0 Å². The van der Waals surface area contributed by atoms with Crippen LogP contribution in [-0.4, -0.2) is 12.6 Å². The van der Waals surface area contributed by atoms with E-state index >= 15 is 0 Å². The molecule has 0 spiro atoms. The fourth-order valence-corrected chi connectivity index (χ4v) is 3.57. The zero-order valence-electron chi connectivity index (χ0n) is 10.9. The van der Waals surface area contributed by atoms with Crippen LogP contribution in [0.4, 0.5) is 0 Å². The first kappa shape index (κ1) is 11.9. The SMILES string of the molecule is CC(C)COC(=O)C1CC2CC1C(C)C2C. The van der Waals surface area contributed by atoms with E-state index in [1.54, 1.807) is 0 Å². The largest absolute Gasteiger partial charge is 0.465 e. The maximum atomic E-state index is 12.0. The second-order valence-electron chi connectivity index (χ2n) is 6.24. The van der Waals surface area contributed by atoms with E-state index in [1.165, 1.54) is 6.42 Å². The fourth-order valence-electron chi connectivity index (χ4n) is 3.57. The number of hydrogen-bond donors (Lipinski definition) is 0. The third-order valence-electron chi connectivity index (χ3n) is 4.76. The van der Waals surface area contributed by atoms with Gasteiger partial charge in [-0.3, -0.25) is 4.79 Å². The molecule has 0 radical (unpaired) electrons. The molecule has 16 heavy (non-hydrogen) atoms. The Kier molecular flexibility index (Phi) is 3.27. The molecule has 0 aliphatic heterocycles. The summed E-state index contributed by atoms with van der Waals surface area (Å²) in [4.78, 5) is 12.0. The maximum Gasteiger partial charge on any atom is 0.309 e. The van der Waals surface area contributed by atoms with Crippen molar-refractivity contribution in [3.8, 4) is 0 Å². The minimum absolute atomic E-state index is 0.0694. The van der Waals surface area contributed by atoms with E-state index in [2.05, 4.69) is 27.7 Å². The minimum Gasteiger partial charge on any atom is -0.465 e. The van der Waals surface area contributed by atoms with Gasteiger partial charge < -0.3 is 4.74 Å². The minimum atomic E-state index is 0.0694. The molecule has 0 amide bonds. The van der Waals surface area contributed by atoms with Crippen molar-refractivity contribution in [2.24, 2.45) is 35.5 Å². The van der Waals surface area contributed by atoms with Gasteiger partial charge in [0.1, 0.15) is 0 Å². The van der Waals surface area contributed by atoms with Gasteiger partial charge in [-0.1, -0.05) is 27.7 Å². The van der Waals surface area contributed by atoms with E-state index in [1.807, 2.05) is 0 Å². The molecule has 5 unspecified atom stereocenters. The van der Waals surface area contributed by atoms with Gasteiger partial charge in [0.25, 0.3) is 0 Å². The predicted octanol–water partition coefficient (Wildman–Crippen LogP) is 3.11. The third kappa shape index (κ3) is 1.99. The number of carbonyl (C=O) groups excluding carboxylic acids is 1. The van der Waals surface area contributed by atoms with E-state index < -0.39 is 0 Å². The Morgan fingerprint density at radius 3 is 2.44 bits per heavy atom. The predicted molar refractivity (Wildman–Crippen MR) is 63.8 cm³/mol. The van der Waals surface area contributed by atoms with Crippen molar-refractivity contribution >= 4 is 5.97 Å². The molecule has 0 heterocycles. The van der Waals surface area contributed by atoms with Gasteiger partial charge in [0.15, 0.2) is 0 Å². The van der Waals surface area contributed by atoms with Crippen LogP contribution in [0.15, 0.2) is 0 Å². The highest BCUT2D eigenvalue weighted by molar-refractivity contribution is 5.73. The first-order valence-electron chi connectivity index (χ1n) is 6.67. The smallest absolute Gasteiger partial charge is 0.309 e. The number of ether oxygens (including phenoxy) is 1. The van der Waals surface area contributed by atoms with E-state index in [0.717, 1.165) is 18.3 Å². The van der Waals surface area contributed by atoms with Gasteiger partial charge in [0.2, 0.25) is 0 Å². The van der Waals surface area contributed by atoms with Gasteiger partial charge >= 0.3 is 5.97 Å². The molecule has 92 valence electrons. The van der Waals surface area contributed by atoms with Gasteiger partial charge in [0, 0.05) is 0 Å². The van der Waals surface area contributed by atoms with Gasteiger partial charge in [0.05, 0.1) is 12.5 Å². The standard InChI is InChI=1S/C14H24O2/c1-8(2)7-16-14(15)13-6-11-5-12(13)10(4)9(11)3/h8-13H,5-7H2,1-4H3. The molecule has 0 aromatic rings. The molecular formula is C14H24O2. The third-order valence-corrected chi connectivity index (χ3v) is 4.76. The highest BCUT2D eigenvalue weighted by Gasteiger charge is 2.51. The van der Waals surface area contributed by atoms with Crippen LogP contribution >= 0.6 is 0 Å². The summed E-state index contributed by atoms with van der Waals surface area (Å²) in [5, 5.41) is 0. The molecule has 2 fully saturated rings. The summed E-state index contributed by atoms with van der Waals surface area (Å²) in [5.74, 6) is 3.60. The lowest BCUT2D eigenvalue weighted by molar-refractivity contribution is -0.152. The second kappa shape index (κ2) is 4.38. The molecule has 2 heteroatoms. The van der Waals surface area contributed by atoms with Crippen molar-refractivity contribution < 1.29 is 9.53 Å². The molecule has 2 nitrogen and oxygen atoms in total. The molecule has 2 aliphatic rings. The van der Waals surface area contributed by atoms with Gasteiger partial charge in [-0.2, -0.15) is 0 Å². The topological polar surface area (TPSA) is 26.3 Å². The number of esters is 1. The Balaban J connectivity index is 1.91. The lowest BCUT2D eigenvalue weighted by Gasteiger charge is -2.30. The van der Waals surface area contributed by atoms with E-state index in [0.29, 0.717) is 24.4 Å². The molecular weight excluding hydrogens is 200 g/mol. The van der Waals surface area contributed by atoms with Crippen molar-refractivity contribution in [1.29, 1.82) is 0 Å². The lowest BCUT2D eigenvalue weighted by Crippen LogP contribution is -2.31. The number of hydrogen-bond acceptors (Lipinski definition) is 2. The van der Waals surface area contributed by atoms with Gasteiger partial charge in [-0.05, 0) is 42.4 Å². The Bertz CT molecular complexity index is 270. The summed E-state index contributed by atoms with van der Waals surface area (Å²) in [7, 11) is 0. The molecule has 0 aromatic heterocycles. The van der Waals surface area contributed by atoms with Gasteiger partial charge in [-0.15, -0.1) is 0 Å². The summed E-state index contributed by atoms with van der Waals surface area (Å²) in [6.07, 6.45) is 2.33. The average Bonchev–Trinajstić information content (AvgIpc) is 2.77. The van der Waals surface area contributed by atoms with Crippen LogP contribution in [0.5, 0.6) is 0 Å². The highest BCUT2D eigenvalue weighted by Crippen LogP contribution is 2.55. The quantitative estimate of drug-likeness (QED) is 0.688. The summed E-state index contributed by atoms with van der Waals surface area (Å²) in [6, 6.07) is 0. The fraction of sp³-hybridized carbons (Fsp3) is 0.929. The summed E-state index contributed by atoms with van der Waals surface area (Å²) in [6.45, 7) is 9.39. The van der Waals surface area contributed by atoms with Crippen LogP contribution in [0, 0.1) is 35.5 Å². The molecule has 2 rings (SSSR count). The number of rotatable bonds is 3. The average molecular weight is 224 g/mol. The van der Waals surface area contributed by atoms with Crippen molar-refractivity contribution in [3.63, 3.8) is 0 Å². The molecule has 0 saturated heterocycles.